The SMILES string of the molecule is CC(NC(=O)CN(C)S(=O)(=O)c1ccccc1)c1ccc(Br)cc1. The number of nitrogens with zero attached hydrogens (tertiary/aromatic N) is 1. The summed E-state index contributed by atoms with van der Waals surface area (Å²) in [5.41, 5.74) is 0.945. The summed E-state index contributed by atoms with van der Waals surface area (Å²) in [7, 11) is -2.28. The second-order valence-electron chi connectivity index (χ2n) is 5.41. The number of nitrogens with one attached hydrogen (secondary N) is 1. The molecule has 0 aliphatic rings. The average Bonchev–Trinajstić information content (AvgIpc) is 2.56. The van der Waals surface area contributed by atoms with Crippen molar-refractivity contribution in [3.63, 3.8) is 0 Å². The van der Waals surface area contributed by atoms with Gasteiger partial charge in [0.2, 0.25) is 15.9 Å². The van der Waals surface area contributed by atoms with Gasteiger partial charge in [-0.1, -0.05) is 46.3 Å². The van der Waals surface area contributed by atoms with Gasteiger partial charge in [-0.3, -0.25) is 4.79 Å². The van der Waals surface area contributed by atoms with Crippen LogP contribution in [0, 0.1) is 0 Å². The molecule has 1 N–H and O–H groups in total. The molecule has 1 unspecified atom stereocenters. The van der Waals surface area contributed by atoms with Gasteiger partial charge in [0.15, 0.2) is 0 Å². The van der Waals surface area contributed by atoms with E-state index in [0.29, 0.717) is 0 Å². The van der Waals surface area contributed by atoms with E-state index in [-0.39, 0.29) is 23.4 Å². The quantitative estimate of drug-likeness (QED) is 0.795. The molecule has 0 aliphatic carbocycles. The van der Waals surface area contributed by atoms with E-state index in [1.165, 1.54) is 19.2 Å². The van der Waals surface area contributed by atoms with Gasteiger partial charge < -0.3 is 5.32 Å². The van der Waals surface area contributed by atoms with Crippen LogP contribution in [0.1, 0.15) is 18.5 Å². The van der Waals surface area contributed by atoms with Crippen LogP contribution in [-0.2, 0) is 14.8 Å². The first kappa shape index (κ1) is 18.6. The zero-order chi connectivity index (χ0) is 17.7. The van der Waals surface area contributed by atoms with Crippen molar-refractivity contribution >= 4 is 31.9 Å². The van der Waals surface area contributed by atoms with Crippen molar-refractivity contribution in [2.45, 2.75) is 17.9 Å². The summed E-state index contributed by atoms with van der Waals surface area (Å²) < 4.78 is 26.8. The van der Waals surface area contributed by atoms with Gasteiger partial charge in [0.05, 0.1) is 17.5 Å². The summed E-state index contributed by atoms with van der Waals surface area (Å²) in [6.45, 7) is 1.62. The predicted molar refractivity (Wildman–Crippen MR) is 97.0 cm³/mol. The van der Waals surface area contributed by atoms with E-state index >= 15 is 0 Å². The highest BCUT2D eigenvalue weighted by Gasteiger charge is 2.23. The van der Waals surface area contributed by atoms with Gasteiger partial charge in [-0.05, 0) is 36.8 Å². The molecule has 0 spiro atoms. The Morgan fingerprint density at radius 3 is 2.29 bits per heavy atom. The Kier molecular flexibility index (Phi) is 6.15. The number of likely N-dealkylation sites (N-methyl/N-ethyl adjacent to an activating group) is 1. The molecule has 0 saturated carbocycles. The maximum Gasteiger partial charge on any atom is 0.243 e. The largest absolute Gasteiger partial charge is 0.348 e. The first-order chi connectivity index (χ1) is 11.3. The van der Waals surface area contributed by atoms with E-state index in [0.717, 1.165) is 14.3 Å². The van der Waals surface area contributed by atoms with Gasteiger partial charge in [-0.2, -0.15) is 4.31 Å². The highest BCUT2D eigenvalue weighted by atomic mass is 79.9. The highest BCUT2D eigenvalue weighted by molar-refractivity contribution is 9.10. The van der Waals surface area contributed by atoms with Crippen LogP contribution in [0.4, 0.5) is 0 Å². The van der Waals surface area contributed by atoms with Crippen molar-refractivity contribution in [3.05, 3.63) is 64.6 Å². The van der Waals surface area contributed by atoms with Gasteiger partial charge in [0.25, 0.3) is 0 Å². The van der Waals surface area contributed by atoms with Crippen molar-refractivity contribution in [2.75, 3.05) is 13.6 Å². The van der Waals surface area contributed by atoms with Crippen LogP contribution in [0.25, 0.3) is 0 Å². The molecule has 0 aromatic heterocycles. The molecule has 0 fully saturated rings. The maximum absolute atomic E-state index is 12.4. The number of carbonyl (C=O) groups is 1. The average molecular weight is 411 g/mol. The molecule has 128 valence electrons. The third-order valence-corrected chi connectivity index (χ3v) is 5.91. The predicted octanol–water partition coefficient (Wildman–Crippen LogP) is 2.95. The smallest absolute Gasteiger partial charge is 0.243 e. The van der Waals surface area contributed by atoms with Crippen LogP contribution in [0.3, 0.4) is 0 Å². The fourth-order valence-electron chi connectivity index (χ4n) is 2.18. The Morgan fingerprint density at radius 2 is 1.71 bits per heavy atom. The number of sulfonamides is 1. The molecule has 2 aromatic rings. The van der Waals surface area contributed by atoms with E-state index in [9.17, 15) is 13.2 Å². The minimum atomic E-state index is -3.67. The van der Waals surface area contributed by atoms with Crippen molar-refractivity contribution in [3.8, 4) is 0 Å². The summed E-state index contributed by atoms with van der Waals surface area (Å²) in [5, 5.41) is 2.81. The van der Waals surface area contributed by atoms with Crippen LogP contribution in [-0.4, -0.2) is 32.2 Å². The minimum absolute atomic E-state index is 0.168. The lowest BCUT2D eigenvalue weighted by Gasteiger charge is -2.19. The Hall–Kier alpha value is -1.70. The van der Waals surface area contributed by atoms with Gasteiger partial charge in [-0.25, -0.2) is 8.42 Å². The van der Waals surface area contributed by atoms with Gasteiger partial charge in [0, 0.05) is 11.5 Å². The summed E-state index contributed by atoms with van der Waals surface area (Å²) in [4.78, 5) is 12.3. The molecule has 5 nitrogen and oxygen atoms in total. The molecule has 0 heterocycles. The zero-order valence-corrected chi connectivity index (χ0v) is 15.8. The van der Waals surface area contributed by atoms with Gasteiger partial charge in [0.1, 0.15) is 0 Å². The van der Waals surface area contributed by atoms with Gasteiger partial charge >= 0.3 is 0 Å². The van der Waals surface area contributed by atoms with E-state index in [1.807, 2.05) is 31.2 Å². The molecule has 0 saturated heterocycles. The number of halogens is 1. The Labute approximate surface area is 150 Å². The molecule has 1 atom stereocenters. The number of rotatable bonds is 6. The standard InChI is InChI=1S/C17H19BrN2O3S/c1-13(14-8-10-15(18)11-9-14)19-17(21)12-20(2)24(22,23)16-6-4-3-5-7-16/h3-11,13H,12H2,1-2H3,(H,19,21). The summed E-state index contributed by atoms with van der Waals surface area (Å²) in [6, 6.07) is 15.4. The summed E-state index contributed by atoms with van der Waals surface area (Å²) >= 11 is 3.36. The third kappa shape index (κ3) is 4.66. The van der Waals surface area contributed by atoms with Gasteiger partial charge in [-0.15, -0.1) is 0 Å². The van der Waals surface area contributed by atoms with Crippen molar-refractivity contribution in [1.82, 2.24) is 9.62 Å². The Morgan fingerprint density at radius 1 is 1.12 bits per heavy atom. The van der Waals surface area contributed by atoms with E-state index < -0.39 is 10.0 Å². The lowest BCUT2D eigenvalue weighted by Crippen LogP contribution is -2.39. The van der Waals surface area contributed by atoms with Crippen LogP contribution in [0.2, 0.25) is 0 Å². The van der Waals surface area contributed by atoms with Crippen molar-refractivity contribution in [1.29, 1.82) is 0 Å². The topological polar surface area (TPSA) is 66.5 Å². The first-order valence-electron chi connectivity index (χ1n) is 7.37. The first-order valence-corrected chi connectivity index (χ1v) is 9.60. The fraction of sp³-hybridized carbons (Fsp3) is 0.235. The second-order valence-corrected chi connectivity index (χ2v) is 8.38. The number of hydrogen-bond acceptors (Lipinski definition) is 3. The number of amides is 1. The molecule has 1 amide bonds. The highest BCUT2D eigenvalue weighted by Crippen LogP contribution is 2.17. The molecule has 2 rings (SSSR count). The van der Waals surface area contributed by atoms with Crippen LogP contribution >= 0.6 is 15.9 Å². The maximum atomic E-state index is 12.4. The zero-order valence-electron chi connectivity index (χ0n) is 13.4. The molecule has 2 aromatic carbocycles. The summed E-state index contributed by atoms with van der Waals surface area (Å²) in [5.74, 6) is -0.354. The van der Waals surface area contributed by atoms with E-state index in [2.05, 4.69) is 21.2 Å². The molecule has 0 bridgehead atoms. The molecule has 0 aliphatic heterocycles. The molecule has 24 heavy (non-hydrogen) atoms. The second kappa shape index (κ2) is 7.92. The lowest BCUT2D eigenvalue weighted by atomic mass is 10.1. The number of benzene rings is 2. The lowest BCUT2D eigenvalue weighted by molar-refractivity contribution is -0.121. The Bertz CT molecular complexity index is 792. The fourth-order valence-corrected chi connectivity index (χ4v) is 3.59. The number of carbonyl (C=O) groups excluding carboxylic acids is 1. The van der Waals surface area contributed by atoms with E-state index in [4.69, 9.17) is 0 Å². The minimum Gasteiger partial charge on any atom is -0.348 e. The van der Waals surface area contributed by atoms with Crippen LogP contribution in [0.5, 0.6) is 0 Å². The monoisotopic (exact) mass is 410 g/mol. The van der Waals surface area contributed by atoms with Crippen molar-refractivity contribution < 1.29 is 13.2 Å². The van der Waals surface area contributed by atoms with Crippen molar-refractivity contribution in [2.24, 2.45) is 0 Å². The van der Waals surface area contributed by atoms with E-state index in [1.54, 1.807) is 18.2 Å². The number of hydrogen-bond donors (Lipinski definition) is 1. The molecular formula is C17H19BrN2O3S. The van der Waals surface area contributed by atoms with Crippen LogP contribution in [0.15, 0.2) is 64.0 Å². The van der Waals surface area contributed by atoms with Crippen LogP contribution < -0.4 is 5.32 Å². The molecular weight excluding hydrogens is 392 g/mol. The third-order valence-electron chi connectivity index (χ3n) is 3.57. The summed E-state index contributed by atoms with van der Waals surface area (Å²) in [6.07, 6.45) is 0. The Balaban J connectivity index is 2.00. The normalized spacial score (nSPS) is 12.8. The molecule has 7 heteroatoms. The molecule has 0 radical (unpaired) electrons.